The molecular formula is C15H24O3. The van der Waals surface area contributed by atoms with Crippen molar-refractivity contribution < 1.29 is 15.0 Å². The molecule has 3 aliphatic rings. The summed E-state index contributed by atoms with van der Waals surface area (Å²) in [6.07, 6.45) is 3.35. The highest BCUT2D eigenvalue weighted by molar-refractivity contribution is 5.89. The van der Waals surface area contributed by atoms with E-state index in [0.29, 0.717) is 5.92 Å². The van der Waals surface area contributed by atoms with Crippen molar-refractivity contribution in [1.82, 2.24) is 0 Å². The molecule has 0 aliphatic heterocycles. The molecule has 3 saturated carbocycles. The van der Waals surface area contributed by atoms with Gasteiger partial charge in [-0.1, -0.05) is 20.8 Å². The van der Waals surface area contributed by atoms with Crippen molar-refractivity contribution in [2.24, 2.45) is 28.1 Å². The van der Waals surface area contributed by atoms with Crippen LogP contribution >= 0.6 is 0 Å². The molecule has 5 atom stereocenters. The Hall–Kier alpha value is -0.410. The van der Waals surface area contributed by atoms with Crippen LogP contribution in [0, 0.1) is 28.1 Å². The molecule has 0 unspecified atom stereocenters. The highest BCUT2D eigenvalue weighted by Crippen LogP contribution is 2.75. The Morgan fingerprint density at radius 1 is 1.22 bits per heavy atom. The third-order valence-corrected chi connectivity index (χ3v) is 6.51. The van der Waals surface area contributed by atoms with E-state index < -0.39 is 18.1 Å². The maximum atomic E-state index is 12.2. The Kier molecular flexibility index (Phi) is 2.36. The van der Waals surface area contributed by atoms with Gasteiger partial charge in [-0.2, -0.15) is 0 Å². The van der Waals surface area contributed by atoms with Gasteiger partial charge in [0.15, 0.2) is 5.78 Å². The van der Waals surface area contributed by atoms with Crippen LogP contribution in [0.3, 0.4) is 0 Å². The summed E-state index contributed by atoms with van der Waals surface area (Å²) in [6.45, 7) is 6.26. The van der Waals surface area contributed by atoms with Crippen molar-refractivity contribution in [3.05, 3.63) is 0 Å². The number of hydrogen-bond acceptors (Lipinski definition) is 3. The maximum Gasteiger partial charge on any atom is 0.167 e. The molecule has 3 fully saturated rings. The number of aliphatic hydroxyl groups excluding tert-OH is 2. The average molecular weight is 252 g/mol. The van der Waals surface area contributed by atoms with Crippen molar-refractivity contribution in [3.8, 4) is 0 Å². The smallest absolute Gasteiger partial charge is 0.167 e. The fourth-order valence-corrected chi connectivity index (χ4v) is 5.56. The van der Waals surface area contributed by atoms with Gasteiger partial charge in [0.05, 0.1) is 11.5 Å². The van der Waals surface area contributed by atoms with Gasteiger partial charge in [0.25, 0.3) is 0 Å². The van der Waals surface area contributed by atoms with Crippen LogP contribution in [0.25, 0.3) is 0 Å². The van der Waals surface area contributed by atoms with Gasteiger partial charge < -0.3 is 10.2 Å². The number of hydrogen-bond donors (Lipinski definition) is 2. The minimum atomic E-state index is -0.631. The van der Waals surface area contributed by atoms with Gasteiger partial charge in [0.2, 0.25) is 0 Å². The molecule has 0 amide bonds. The van der Waals surface area contributed by atoms with E-state index in [9.17, 15) is 15.0 Å². The molecule has 18 heavy (non-hydrogen) atoms. The van der Waals surface area contributed by atoms with Gasteiger partial charge in [0, 0.05) is 0 Å². The number of rotatable bonds is 2. The lowest BCUT2D eigenvalue weighted by Gasteiger charge is -2.56. The van der Waals surface area contributed by atoms with E-state index in [-0.39, 0.29) is 22.5 Å². The Balaban J connectivity index is 2.01. The summed E-state index contributed by atoms with van der Waals surface area (Å²) < 4.78 is 0. The first-order chi connectivity index (χ1) is 8.28. The van der Waals surface area contributed by atoms with Gasteiger partial charge >= 0.3 is 0 Å². The molecule has 0 bridgehead atoms. The van der Waals surface area contributed by atoms with Crippen LogP contribution in [-0.4, -0.2) is 28.7 Å². The number of carbonyl (C=O) groups is 1. The number of ketones is 1. The quantitative estimate of drug-likeness (QED) is 0.787. The normalized spacial score (nSPS) is 52.6. The Bertz CT molecular complexity index is 403. The van der Waals surface area contributed by atoms with Gasteiger partial charge in [-0.05, 0) is 48.3 Å². The molecule has 3 aliphatic carbocycles. The predicted octanol–water partition coefficient (Wildman–Crippen LogP) is 1.76. The van der Waals surface area contributed by atoms with E-state index in [1.54, 1.807) is 0 Å². The standard InChI is InChI=1S/C15H24O3/c1-13(2)6-9-10(7-13)14(3)4-5-15(14,12(9)18)11(17)8-16/h9-10,12,16,18H,4-8H2,1-3H3/t9-,10+,12+,14-,15-/m0/s1. The molecule has 3 rings (SSSR count). The molecule has 102 valence electrons. The van der Waals surface area contributed by atoms with E-state index in [0.717, 1.165) is 25.7 Å². The average Bonchev–Trinajstić information content (AvgIpc) is 2.66. The lowest BCUT2D eigenvalue weighted by atomic mass is 9.47. The molecular weight excluding hydrogens is 228 g/mol. The van der Waals surface area contributed by atoms with E-state index in [1.165, 1.54) is 0 Å². The zero-order valence-electron chi connectivity index (χ0n) is 11.6. The molecule has 0 heterocycles. The number of carbonyl (C=O) groups excluding carboxylic acids is 1. The number of fused-ring (bicyclic) bond motifs is 3. The second kappa shape index (κ2) is 3.37. The maximum absolute atomic E-state index is 12.2. The first-order valence-electron chi connectivity index (χ1n) is 7.11. The Morgan fingerprint density at radius 2 is 1.89 bits per heavy atom. The van der Waals surface area contributed by atoms with Crippen LogP contribution in [0.4, 0.5) is 0 Å². The molecule has 0 aromatic heterocycles. The van der Waals surface area contributed by atoms with E-state index in [2.05, 4.69) is 20.8 Å². The monoisotopic (exact) mass is 252 g/mol. The second-order valence-electron chi connectivity index (χ2n) is 7.76. The van der Waals surface area contributed by atoms with Crippen molar-refractivity contribution in [1.29, 1.82) is 0 Å². The molecule has 0 radical (unpaired) electrons. The number of Topliss-reactive ketones (excluding diaryl/α,β-unsaturated/α-hetero) is 1. The van der Waals surface area contributed by atoms with Crippen molar-refractivity contribution in [2.45, 2.75) is 52.6 Å². The topological polar surface area (TPSA) is 57.5 Å². The fourth-order valence-electron chi connectivity index (χ4n) is 5.56. The Morgan fingerprint density at radius 3 is 2.39 bits per heavy atom. The van der Waals surface area contributed by atoms with Gasteiger partial charge in [-0.25, -0.2) is 0 Å². The molecule has 3 heteroatoms. The molecule has 0 spiro atoms. The highest BCUT2D eigenvalue weighted by Gasteiger charge is 2.75. The van der Waals surface area contributed by atoms with E-state index >= 15 is 0 Å². The number of aliphatic hydroxyl groups is 2. The summed E-state index contributed by atoms with van der Waals surface area (Å²) >= 11 is 0. The van der Waals surface area contributed by atoms with Crippen LogP contribution < -0.4 is 0 Å². The third-order valence-electron chi connectivity index (χ3n) is 6.51. The minimum absolute atomic E-state index is 0.0787. The zero-order valence-corrected chi connectivity index (χ0v) is 11.6. The Labute approximate surface area is 109 Å². The lowest BCUT2D eigenvalue weighted by Crippen LogP contribution is -2.59. The van der Waals surface area contributed by atoms with Crippen molar-refractivity contribution in [3.63, 3.8) is 0 Å². The SMILES string of the molecule is CC1(C)C[C@H]2[C@@H](C1)[C@]1(C)CC[C@]1(C(=O)CO)[C@@H]2O. The van der Waals surface area contributed by atoms with Crippen LogP contribution in [0.2, 0.25) is 0 Å². The zero-order chi connectivity index (χ0) is 13.3. The first-order valence-corrected chi connectivity index (χ1v) is 7.11. The summed E-state index contributed by atoms with van der Waals surface area (Å²) in [5.41, 5.74) is -0.429. The first kappa shape index (κ1) is 12.6. The van der Waals surface area contributed by atoms with Gasteiger partial charge in [-0.3, -0.25) is 4.79 Å². The highest BCUT2D eigenvalue weighted by atomic mass is 16.3. The summed E-state index contributed by atoms with van der Waals surface area (Å²) in [6, 6.07) is 0. The van der Waals surface area contributed by atoms with Gasteiger partial charge in [0.1, 0.15) is 6.61 Å². The fraction of sp³-hybridized carbons (Fsp3) is 0.933. The molecule has 0 aromatic carbocycles. The van der Waals surface area contributed by atoms with Crippen LogP contribution in [0.5, 0.6) is 0 Å². The third kappa shape index (κ3) is 1.16. The largest absolute Gasteiger partial charge is 0.392 e. The van der Waals surface area contributed by atoms with Crippen LogP contribution in [-0.2, 0) is 4.79 Å². The van der Waals surface area contributed by atoms with Crippen molar-refractivity contribution >= 4 is 5.78 Å². The van der Waals surface area contributed by atoms with Gasteiger partial charge in [-0.15, -0.1) is 0 Å². The minimum Gasteiger partial charge on any atom is -0.392 e. The second-order valence-corrected chi connectivity index (χ2v) is 7.76. The van der Waals surface area contributed by atoms with Crippen molar-refractivity contribution in [2.75, 3.05) is 6.61 Å². The molecule has 0 saturated heterocycles. The summed E-state index contributed by atoms with van der Waals surface area (Å²) in [4.78, 5) is 12.2. The summed E-state index contributed by atoms with van der Waals surface area (Å²) in [7, 11) is 0. The van der Waals surface area contributed by atoms with Crippen LogP contribution in [0.15, 0.2) is 0 Å². The van der Waals surface area contributed by atoms with E-state index in [4.69, 9.17) is 0 Å². The summed E-state index contributed by atoms with van der Waals surface area (Å²) in [5, 5.41) is 20.0. The molecule has 0 aromatic rings. The molecule has 3 nitrogen and oxygen atoms in total. The predicted molar refractivity (Wildman–Crippen MR) is 67.9 cm³/mol. The van der Waals surface area contributed by atoms with E-state index in [1.807, 2.05) is 0 Å². The van der Waals surface area contributed by atoms with Crippen LogP contribution in [0.1, 0.15) is 46.5 Å². The molecule has 2 N–H and O–H groups in total. The summed E-state index contributed by atoms with van der Waals surface area (Å²) in [5.74, 6) is 0.575. The lowest BCUT2D eigenvalue weighted by molar-refractivity contribution is -0.168.